The third-order valence-corrected chi connectivity index (χ3v) is 5.71. The number of pyridine rings is 1. The molecule has 0 aliphatic heterocycles. The lowest BCUT2D eigenvalue weighted by atomic mass is 10.1. The average Bonchev–Trinajstić information content (AvgIpc) is 2.87. The maximum atomic E-state index is 14.7. The largest absolute Gasteiger partial charge is 0.423 e. The Morgan fingerprint density at radius 2 is 1.68 bits per heavy atom. The van der Waals surface area contributed by atoms with Crippen molar-refractivity contribution in [3.05, 3.63) is 80.4 Å². The summed E-state index contributed by atoms with van der Waals surface area (Å²) in [7, 11) is 0. The summed E-state index contributed by atoms with van der Waals surface area (Å²) in [6.07, 6.45) is -1.50. The zero-order chi connectivity index (χ0) is 30.7. The van der Waals surface area contributed by atoms with Gasteiger partial charge < -0.3 is 10.3 Å². The lowest BCUT2D eigenvalue weighted by Crippen LogP contribution is -2.25. The Morgan fingerprint density at radius 3 is 2.20 bits per heavy atom. The minimum Gasteiger partial charge on any atom is -0.397 e. The second-order valence-electron chi connectivity index (χ2n) is 8.89. The van der Waals surface area contributed by atoms with E-state index < -0.39 is 63.2 Å². The zero-order valence-electron chi connectivity index (χ0n) is 21.4. The molecule has 16 heteroatoms. The highest BCUT2D eigenvalue weighted by molar-refractivity contribution is 5.86. The number of nitrogens with two attached hydrogens (primary N) is 1. The molecule has 41 heavy (non-hydrogen) atoms. The molecule has 0 fully saturated rings. The van der Waals surface area contributed by atoms with Gasteiger partial charge >= 0.3 is 6.18 Å². The standard InChI is InChI=1S/C20H18F5N3O.C5H4F3N3O/c1-3-4-13(21)10-28-6-5-11-7-14(16(22)17(23)15(11)19(28)29)18-26-8-12(9-27-18)20(2,24)25;6-5(7,8)3-2(9)1-10-11-4(3)12/h5-9,13H,3-4,10H2,1-2H3;1H,(H3,9,11,12). The summed E-state index contributed by atoms with van der Waals surface area (Å²) < 4.78 is 107. The van der Waals surface area contributed by atoms with Gasteiger partial charge in [0, 0.05) is 25.5 Å². The Labute approximate surface area is 225 Å². The second-order valence-corrected chi connectivity index (χ2v) is 8.89. The SMILES string of the molecule is CCCC(F)Cn1ccc2cc(-c3ncc(C(C)(F)F)cn3)c(F)c(F)c2c1=O.Nc1cn[nH]c(=O)c1C(F)(F)F. The van der Waals surface area contributed by atoms with Gasteiger partial charge in [0.1, 0.15) is 11.7 Å². The predicted octanol–water partition coefficient (Wildman–Crippen LogP) is 5.36. The molecule has 220 valence electrons. The zero-order valence-corrected chi connectivity index (χ0v) is 21.4. The number of fused-ring (bicyclic) bond motifs is 1. The van der Waals surface area contributed by atoms with Gasteiger partial charge in [0.2, 0.25) is 0 Å². The third-order valence-electron chi connectivity index (χ3n) is 5.71. The first-order valence-electron chi connectivity index (χ1n) is 11.8. The molecule has 0 saturated carbocycles. The van der Waals surface area contributed by atoms with Gasteiger partial charge in [-0.2, -0.15) is 18.3 Å². The predicted molar refractivity (Wildman–Crippen MR) is 133 cm³/mol. The van der Waals surface area contributed by atoms with E-state index in [2.05, 4.69) is 15.1 Å². The van der Waals surface area contributed by atoms with Crippen LogP contribution in [-0.2, 0) is 18.6 Å². The van der Waals surface area contributed by atoms with E-state index in [9.17, 15) is 44.7 Å². The molecule has 3 aromatic heterocycles. The molecule has 0 saturated heterocycles. The number of halogens is 8. The lowest BCUT2D eigenvalue weighted by molar-refractivity contribution is -0.138. The minimum absolute atomic E-state index is 0.0690. The van der Waals surface area contributed by atoms with Crippen LogP contribution in [0.15, 0.2) is 46.5 Å². The first-order valence-corrected chi connectivity index (χ1v) is 11.8. The molecule has 8 nitrogen and oxygen atoms in total. The van der Waals surface area contributed by atoms with Crippen LogP contribution >= 0.6 is 0 Å². The van der Waals surface area contributed by atoms with Crippen LogP contribution in [0.5, 0.6) is 0 Å². The number of alkyl halides is 6. The molecule has 0 spiro atoms. The fourth-order valence-corrected chi connectivity index (χ4v) is 3.70. The number of nitrogen functional groups attached to an aromatic ring is 1. The molecule has 3 N–H and O–H groups in total. The van der Waals surface area contributed by atoms with Crippen LogP contribution in [0.3, 0.4) is 0 Å². The van der Waals surface area contributed by atoms with Gasteiger partial charge in [-0.3, -0.25) is 9.59 Å². The van der Waals surface area contributed by atoms with Crippen LogP contribution in [0.25, 0.3) is 22.2 Å². The van der Waals surface area contributed by atoms with Crippen molar-refractivity contribution in [2.75, 3.05) is 5.73 Å². The summed E-state index contributed by atoms with van der Waals surface area (Å²) in [5.41, 5.74) is -0.203. The highest BCUT2D eigenvalue weighted by atomic mass is 19.4. The Bertz CT molecular complexity index is 1650. The molecule has 0 bridgehead atoms. The van der Waals surface area contributed by atoms with Crippen molar-refractivity contribution in [2.24, 2.45) is 0 Å². The molecule has 1 atom stereocenters. The number of hydrogen-bond donors (Lipinski definition) is 2. The van der Waals surface area contributed by atoms with Crippen LogP contribution in [-0.4, -0.2) is 30.9 Å². The van der Waals surface area contributed by atoms with Crippen molar-refractivity contribution < 1.29 is 35.1 Å². The number of aromatic nitrogens is 5. The Balaban J connectivity index is 0.000000322. The Morgan fingerprint density at radius 1 is 1.05 bits per heavy atom. The summed E-state index contributed by atoms with van der Waals surface area (Å²) in [5.74, 6) is -6.28. The summed E-state index contributed by atoms with van der Waals surface area (Å²) in [4.78, 5) is 30.5. The molecule has 1 unspecified atom stereocenters. The molecule has 0 radical (unpaired) electrons. The fourth-order valence-electron chi connectivity index (χ4n) is 3.70. The van der Waals surface area contributed by atoms with Gasteiger partial charge in [0.25, 0.3) is 17.0 Å². The van der Waals surface area contributed by atoms with E-state index in [1.165, 1.54) is 12.3 Å². The van der Waals surface area contributed by atoms with E-state index >= 15 is 0 Å². The summed E-state index contributed by atoms with van der Waals surface area (Å²) >= 11 is 0. The molecule has 4 aromatic rings. The molecular formula is C25H22F8N6O2. The minimum atomic E-state index is -4.74. The normalized spacial score (nSPS) is 12.6. The van der Waals surface area contributed by atoms with E-state index in [1.807, 2.05) is 0 Å². The lowest BCUT2D eigenvalue weighted by Gasteiger charge is -2.13. The molecule has 0 aliphatic carbocycles. The van der Waals surface area contributed by atoms with Gasteiger partial charge in [-0.15, -0.1) is 0 Å². The highest BCUT2D eigenvalue weighted by Gasteiger charge is 2.36. The topological polar surface area (TPSA) is 120 Å². The van der Waals surface area contributed by atoms with Crippen molar-refractivity contribution in [3.63, 3.8) is 0 Å². The number of nitrogens with zero attached hydrogens (tertiary/aromatic N) is 4. The van der Waals surface area contributed by atoms with E-state index in [4.69, 9.17) is 5.73 Å². The number of H-pyrrole nitrogens is 1. The van der Waals surface area contributed by atoms with Gasteiger partial charge in [0.05, 0.1) is 34.9 Å². The van der Waals surface area contributed by atoms with Crippen LogP contribution in [0, 0.1) is 11.6 Å². The third kappa shape index (κ3) is 7.05. The van der Waals surface area contributed by atoms with E-state index in [0.29, 0.717) is 13.3 Å². The number of benzene rings is 1. The number of aromatic amines is 1. The Kier molecular flexibility index (Phi) is 9.13. The first kappa shape index (κ1) is 31.2. The first-order chi connectivity index (χ1) is 19.1. The van der Waals surface area contributed by atoms with Crippen LogP contribution in [0.4, 0.5) is 40.8 Å². The van der Waals surface area contributed by atoms with E-state index in [1.54, 1.807) is 12.0 Å². The van der Waals surface area contributed by atoms with Gasteiger partial charge in [-0.05, 0) is 23.9 Å². The molecule has 1 aromatic carbocycles. The highest BCUT2D eigenvalue weighted by Crippen LogP contribution is 2.31. The number of nitrogens with one attached hydrogen (secondary N) is 1. The van der Waals surface area contributed by atoms with E-state index in [0.717, 1.165) is 29.2 Å². The van der Waals surface area contributed by atoms with Crippen LogP contribution in [0.1, 0.15) is 37.8 Å². The molecule has 0 aliphatic rings. The fraction of sp³-hybridized carbons (Fsp3) is 0.320. The summed E-state index contributed by atoms with van der Waals surface area (Å²) in [5, 5.41) is 4.29. The van der Waals surface area contributed by atoms with Crippen LogP contribution < -0.4 is 16.9 Å². The van der Waals surface area contributed by atoms with Crippen molar-refractivity contribution in [1.29, 1.82) is 0 Å². The molecular weight excluding hydrogens is 568 g/mol. The molecule has 4 rings (SSSR count). The van der Waals surface area contributed by atoms with Crippen LogP contribution in [0.2, 0.25) is 0 Å². The smallest absolute Gasteiger partial charge is 0.397 e. The average molecular weight is 590 g/mol. The van der Waals surface area contributed by atoms with Crippen molar-refractivity contribution in [1.82, 2.24) is 24.7 Å². The van der Waals surface area contributed by atoms with E-state index in [-0.39, 0.29) is 29.7 Å². The van der Waals surface area contributed by atoms with Gasteiger partial charge in [-0.25, -0.2) is 37.0 Å². The quantitative estimate of drug-likeness (QED) is 0.292. The monoisotopic (exact) mass is 590 g/mol. The van der Waals surface area contributed by atoms with Gasteiger partial charge in [0.15, 0.2) is 17.5 Å². The van der Waals surface area contributed by atoms with Crippen molar-refractivity contribution in [2.45, 2.75) is 51.5 Å². The van der Waals surface area contributed by atoms with Gasteiger partial charge in [-0.1, -0.05) is 13.3 Å². The number of anilines is 1. The Hall–Kier alpha value is -4.37. The number of rotatable bonds is 6. The van der Waals surface area contributed by atoms with Crippen molar-refractivity contribution in [3.8, 4) is 11.4 Å². The maximum Gasteiger partial charge on any atom is 0.423 e. The summed E-state index contributed by atoms with van der Waals surface area (Å²) in [6.45, 7) is 2.19. The second kappa shape index (κ2) is 12.0. The molecule has 3 heterocycles. The molecule has 0 amide bonds. The number of hydrogen-bond acceptors (Lipinski definition) is 6. The summed E-state index contributed by atoms with van der Waals surface area (Å²) in [6, 6.07) is 2.52. The maximum absolute atomic E-state index is 14.7. The van der Waals surface area contributed by atoms with Crippen molar-refractivity contribution >= 4 is 16.5 Å².